The van der Waals surface area contributed by atoms with Crippen LogP contribution in [0.5, 0.6) is 0 Å². The van der Waals surface area contributed by atoms with Crippen LogP contribution in [0.4, 0.5) is 11.9 Å². The number of hydrogen-bond donors (Lipinski definition) is 4. The summed E-state index contributed by atoms with van der Waals surface area (Å²) in [6.07, 6.45) is 9.85. The molecule has 6 N–H and O–H groups in total. The van der Waals surface area contributed by atoms with Crippen molar-refractivity contribution in [2.75, 3.05) is 10.6 Å². The number of amides is 4. The second-order valence-electron chi connectivity index (χ2n) is 11.4. The zero-order chi connectivity index (χ0) is 35.7. The van der Waals surface area contributed by atoms with Gasteiger partial charge < -0.3 is 11.5 Å². The Labute approximate surface area is 284 Å². The molecule has 18 heteroatoms. The van der Waals surface area contributed by atoms with Gasteiger partial charge in [0.15, 0.2) is 11.3 Å². The molecule has 0 saturated heterocycles. The number of imidazole rings is 3. The van der Waals surface area contributed by atoms with E-state index >= 15 is 0 Å². The minimum Gasteiger partial charge on any atom is -0.366 e. The molecule has 4 amide bonds. The Bertz CT molecular complexity index is 2180. The summed E-state index contributed by atoms with van der Waals surface area (Å²) < 4.78 is 8.54. The standard InChI is InChI=1S/C32H34N14O4/c1-5-43-17-42(4)16-24(43)30(50)40-32-38-22-13-20(26(34)48)15-36-28(22)45(32)10-8-7-9-44-27-21(12-19(14-35-27)25(33)47)37-31(44)39-29(49)23-11-18(3)41-46(23)6-2/h7-8,11-17H,5-6,9-10H2,1-4H3,(H5-,33,34,37,38,39,40,47,48,49,50)/p+1/b8-7+. The highest BCUT2D eigenvalue weighted by atomic mass is 16.2. The largest absolute Gasteiger partial charge is 0.366 e. The number of aryl methyl sites for hydroxylation is 4. The molecular weight excluding hydrogens is 644 g/mol. The molecule has 0 aromatic carbocycles. The molecule has 0 saturated carbocycles. The summed E-state index contributed by atoms with van der Waals surface area (Å²) in [5.41, 5.74) is 14.3. The minimum absolute atomic E-state index is 0.170. The predicted octanol–water partition coefficient (Wildman–Crippen LogP) is 1.31. The number of fused-ring (bicyclic) bond motifs is 2. The van der Waals surface area contributed by atoms with Crippen LogP contribution in [-0.4, -0.2) is 67.0 Å². The number of nitrogens with two attached hydrogens (primary N) is 2. The van der Waals surface area contributed by atoms with Crippen molar-refractivity contribution in [2.45, 2.75) is 47.0 Å². The van der Waals surface area contributed by atoms with Crippen molar-refractivity contribution in [1.29, 1.82) is 0 Å². The van der Waals surface area contributed by atoms with E-state index in [4.69, 9.17) is 11.5 Å². The number of nitrogens with zero attached hydrogens (tertiary/aromatic N) is 10. The third-order valence-electron chi connectivity index (χ3n) is 7.90. The molecule has 6 aromatic rings. The Morgan fingerprint density at radius 3 is 1.80 bits per heavy atom. The monoisotopic (exact) mass is 679 g/mol. The van der Waals surface area contributed by atoms with Crippen molar-refractivity contribution < 1.29 is 23.7 Å². The number of carbonyl (C=O) groups excluding carboxylic acids is 4. The third-order valence-corrected chi connectivity index (χ3v) is 7.90. The summed E-state index contributed by atoms with van der Waals surface area (Å²) in [6, 6.07) is 4.70. The van der Waals surface area contributed by atoms with Crippen LogP contribution in [0.1, 0.15) is 61.2 Å². The van der Waals surface area contributed by atoms with E-state index in [1.54, 1.807) is 48.5 Å². The topological polar surface area (TPSA) is 232 Å². The maximum Gasteiger partial charge on any atom is 0.301 e. The van der Waals surface area contributed by atoms with E-state index in [-0.39, 0.29) is 42.0 Å². The summed E-state index contributed by atoms with van der Waals surface area (Å²) in [6.45, 7) is 7.10. The Balaban J connectivity index is 1.32. The number of anilines is 2. The van der Waals surface area contributed by atoms with Crippen LogP contribution in [-0.2, 0) is 33.2 Å². The molecule has 18 nitrogen and oxygen atoms in total. The number of rotatable bonds is 12. The molecule has 0 radical (unpaired) electrons. The van der Waals surface area contributed by atoms with E-state index < -0.39 is 17.7 Å². The lowest BCUT2D eigenvalue weighted by Gasteiger charge is -2.09. The second-order valence-corrected chi connectivity index (χ2v) is 11.4. The van der Waals surface area contributed by atoms with Crippen LogP contribution in [0.2, 0.25) is 0 Å². The summed E-state index contributed by atoms with van der Waals surface area (Å²) in [5, 5.41) is 10.1. The highest BCUT2D eigenvalue weighted by Crippen LogP contribution is 2.22. The Morgan fingerprint density at radius 1 is 0.800 bits per heavy atom. The molecule has 0 aliphatic heterocycles. The van der Waals surface area contributed by atoms with Gasteiger partial charge in [-0.05, 0) is 39.0 Å². The normalized spacial score (nSPS) is 11.5. The first-order valence-electron chi connectivity index (χ1n) is 15.7. The maximum absolute atomic E-state index is 13.4. The quantitative estimate of drug-likeness (QED) is 0.108. The van der Waals surface area contributed by atoms with Crippen LogP contribution in [0, 0.1) is 6.92 Å². The molecule has 0 unspecified atom stereocenters. The zero-order valence-corrected chi connectivity index (χ0v) is 27.8. The van der Waals surface area contributed by atoms with Crippen molar-refractivity contribution in [3.05, 3.63) is 83.5 Å². The molecule has 0 fully saturated rings. The first-order valence-corrected chi connectivity index (χ1v) is 15.7. The van der Waals surface area contributed by atoms with Crippen LogP contribution in [0.25, 0.3) is 22.3 Å². The van der Waals surface area contributed by atoms with Crippen molar-refractivity contribution in [2.24, 2.45) is 18.5 Å². The number of allylic oxidation sites excluding steroid dienone is 2. The molecule has 0 bridgehead atoms. The van der Waals surface area contributed by atoms with Crippen LogP contribution >= 0.6 is 0 Å². The number of aromatic nitrogens is 10. The lowest BCUT2D eigenvalue weighted by Crippen LogP contribution is -2.24. The first kappa shape index (κ1) is 33.2. The smallest absolute Gasteiger partial charge is 0.301 e. The number of carbonyl (C=O) groups is 4. The molecule has 6 aromatic heterocycles. The molecule has 0 aliphatic rings. The molecule has 6 rings (SSSR count). The van der Waals surface area contributed by atoms with Gasteiger partial charge in [-0.3, -0.25) is 43.6 Å². The molecule has 0 spiro atoms. The molecule has 0 atom stereocenters. The molecule has 256 valence electrons. The highest BCUT2D eigenvalue weighted by molar-refractivity contribution is 6.04. The molecule has 6 heterocycles. The van der Waals surface area contributed by atoms with Crippen LogP contribution < -0.4 is 26.7 Å². The van der Waals surface area contributed by atoms with Gasteiger partial charge >= 0.3 is 5.91 Å². The van der Waals surface area contributed by atoms with E-state index in [0.29, 0.717) is 52.5 Å². The van der Waals surface area contributed by atoms with Gasteiger partial charge in [-0.25, -0.2) is 29.1 Å². The Morgan fingerprint density at radius 2 is 1.32 bits per heavy atom. The van der Waals surface area contributed by atoms with Crippen molar-refractivity contribution in [3.8, 4) is 0 Å². The number of hydrogen-bond acceptors (Lipinski definition) is 9. The second kappa shape index (κ2) is 13.4. The average molecular weight is 680 g/mol. The van der Waals surface area contributed by atoms with E-state index in [2.05, 4.69) is 35.7 Å². The summed E-state index contributed by atoms with van der Waals surface area (Å²) in [7, 11) is 1.83. The highest BCUT2D eigenvalue weighted by Gasteiger charge is 2.23. The van der Waals surface area contributed by atoms with Gasteiger partial charge in [0.2, 0.25) is 35.7 Å². The maximum atomic E-state index is 13.4. The van der Waals surface area contributed by atoms with Crippen LogP contribution in [0.15, 0.2) is 55.3 Å². The van der Waals surface area contributed by atoms with E-state index in [9.17, 15) is 19.2 Å². The van der Waals surface area contributed by atoms with Gasteiger partial charge in [0.25, 0.3) is 5.91 Å². The van der Waals surface area contributed by atoms with E-state index in [1.807, 2.05) is 33.0 Å². The SMILES string of the molecule is CCn1c[n+](C)cc1C(=O)Nc1nc2cc(C(N)=O)cnc2n1C/C=C/Cn1c(NC(=O)c2cc(C)nn2CC)nc2cc(C(N)=O)cnc21. The first-order chi connectivity index (χ1) is 24.0. The summed E-state index contributed by atoms with van der Waals surface area (Å²) in [5.74, 6) is -1.72. The Kier molecular flexibility index (Phi) is 8.91. The fourth-order valence-corrected chi connectivity index (χ4v) is 5.51. The number of primary amides is 2. The van der Waals surface area contributed by atoms with E-state index in [0.717, 1.165) is 0 Å². The summed E-state index contributed by atoms with van der Waals surface area (Å²) >= 11 is 0. The van der Waals surface area contributed by atoms with Gasteiger partial charge in [-0.1, -0.05) is 12.2 Å². The van der Waals surface area contributed by atoms with Gasteiger partial charge in [0.05, 0.1) is 30.4 Å². The number of pyridine rings is 2. The minimum atomic E-state index is -0.662. The molecule has 50 heavy (non-hydrogen) atoms. The molecular formula is C32H35N14O4+. The predicted molar refractivity (Wildman–Crippen MR) is 181 cm³/mol. The summed E-state index contributed by atoms with van der Waals surface area (Å²) in [4.78, 5) is 68.3. The average Bonchev–Trinajstić information content (AvgIpc) is 3.84. The third kappa shape index (κ3) is 6.40. The fraction of sp³-hybridized carbons (Fsp3) is 0.250. The zero-order valence-electron chi connectivity index (χ0n) is 27.8. The Hall–Kier alpha value is -6.72. The van der Waals surface area contributed by atoms with Crippen molar-refractivity contribution >= 4 is 57.9 Å². The van der Waals surface area contributed by atoms with Gasteiger partial charge in [-0.2, -0.15) is 5.10 Å². The van der Waals surface area contributed by atoms with Crippen molar-refractivity contribution in [1.82, 2.24) is 43.4 Å². The van der Waals surface area contributed by atoms with E-state index in [1.165, 1.54) is 24.5 Å². The van der Waals surface area contributed by atoms with Gasteiger partial charge in [-0.15, -0.1) is 0 Å². The van der Waals surface area contributed by atoms with Gasteiger partial charge in [0, 0.05) is 32.0 Å². The van der Waals surface area contributed by atoms with Crippen molar-refractivity contribution in [3.63, 3.8) is 0 Å². The van der Waals surface area contributed by atoms with Crippen LogP contribution in [0.3, 0.4) is 0 Å². The lowest BCUT2D eigenvalue weighted by molar-refractivity contribution is -0.671. The molecule has 0 aliphatic carbocycles. The number of nitrogens with one attached hydrogen (secondary N) is 2. The van der Waals surface area contributed by atoms with Gasteiger partial charge in [0.1, 0.15) is 22.9 Å². The fourth-order valence-electron chi connectivity index (χ4n) is 5.51. The lowest BCUT2D eigenvalue weighted by atomic mass is 10.2.